The molecule has 0 aliphatic carbocycles. The first-order valence-corrected chi connectivity index (χ1v) is 5.26. The minimum absolute atomic E-state index is 0.308. The minimum Gasteiger partial charge on any atom is -0.508 e. The molecule has 1 aromatic heterocycles. The number of rotatable bonds is 0. The number of benzene rings is 2. The monoisotopic (exact) mass is 210 g/mol. The fraction of sp³-hybridized carbons (Fsp3) is 0.0714. The zero-order valence-corrected chi connectivity index (χ0v) is 9.01. The maximum absolute atomic E-state index is 9.48. The Morgan fingerprint density at radius 3 is 2.50 bits per heavy atom. The molecule has 0 saturated heterocycles. The van der Waals surface area contributed by atoms with E-state index in [-0.39, 0.29) is 0 Å². The van der Waals surface area contributed by atoms with E-state index in [4.69, 9.17) is 0 Å². The molecule has 0 saturated carbocycles. The van der Waals surface area contributed by atoms with E-state index in [1.807, 2.05) is 25.2 Å². The molecule has 3 aromatic rings. The van der Waals surface area contributed by atoms with E-state index < -0.39 is 0 Å². The summed E-state index contributed by atoms with van der Waals surface area (Å²) in [4.78, 5) is 0. The van der Waals surface area contributed by atoms with Crippen LogP contribution in [-0.4, -0.2) is 5.11 Å². The van der Waals surface area contributed by atoms with Crippen LogP contribution in [0.5, 0.6) is 5.75 Å². The molecule has 0 spiro atoms. The van der Waals surface area contributed by atoms with Gasteiger partial charge >= 0.3 is 0 Å². The lowest BCUT2D eigenvalue weighted by Gasteiger charge is -2.01. The summed E-state index contributed by atoms with van der Waals surface area (Å²) in [6.45, 7) is 0. The molecule has 0 fully saturated rings. The number of phenols is 1. The number of aryl methyl sites for hydroxylation is 1. The number of hydrogen-bond acceptors (Lipinski definition) is 1. The van der Waals surface area contributed by atoms with Gasteiger partial charge in [-0.05, 0) is 24.3 Å². The Labute approximate surface area is 93.4 Å². The standard InChI is InChI=1S/C14H11NO/c1-15-13-5-3-2-4-10(13)8-11-9-12(16)6-7-14(11)15/h2-9H,1H3/p+1. The van der Waals surface area contributed by atoms with Crippen molar-refractivity contribution in [3.63, 3.8) is 0 Å². The number of fused-ring (bicyclic) bond motifs is 2. The molecule has 2 nitrogen and oxygen atoms in total. The average molecular weight is 210 g/mol. The van der Waals surface area contributed by atoms with Crippen molar-refractivity contribution < 1.29 is 9.67 Å². The Balaban J connectivity index is 2.55. The van der Waals surface area contributed by atoms with Crippen LogP contribution in [0.15, 0.2) is 48.5 Å². The normalized spacial score (nSPS) is 11.1. The predicted octanol–water partition coefficient (Wildman–Crippen LogP) is 2.52. The zero-order chi connectivity index (χ0) is 11.1. The predicted molar refractivity (Wildman–Crippen MR) is 64.3 cm³/mol. The summed E-state index contributed by atoms with van der Waals surface area (Å²) < 4.78 is 2.14. The Bertz CT molecular complexity index is 689. The molecule has 16 heavy (non-hydrogen) atoms. The lowest BCUT2D eigenvalue weighted by Crippen LogP contribution is -2.29. The first kappa shape index (κ1) is 9.16. The Morgan fingerprint density at radius 1 is 0.875 bits per heavy atom. The van der Waals surface area contributed by atoms with E-state index in [1.165, 1.54) is 10.9 Å². The van der Waals surface area contributed by atoms with Gasteiger partial charge in [-0.3, -0.25) is 0 Å². The van der Waals surface area contributed by atoms with Crippen LogP contribution in [-0.2, 0) is 7.05 Å². The van der Waals surface area contributed by atoms with Crippen LogP contribution in [0.1, 0.15) is 0 Å². The summed E-state index contributed by atoms with van der Waals surface area (Å²) in [5, 5.41) is 11.7. The zero-order valence-electron chi connectivity index (χ0n) is 9.01. The summed E-state index contributed by atoms with van der Waals surface area (Å²) in [6.07, 6.45) is 0. The van der Waals surface area contributed by atoms with Gasteiger partial charge in [0.15, 0.2) is 0 Å². The van der Waals surface area contributed by atoms with E-state index in [9.17, 15) is 5.11 Å². The van der Waals surface area contributed by atoms with Crippen molar-refractivity contribution >= 4 is 21.8 Å². The second-order valence-electron chi connectivity index (χ2n) is 4.01. The summed E-state index contributed by atoms with van der Waals surface area (Å²) in [7, 11) is 2.04. The van der Waals surface area contributed by atoms with E-state index in [0.717, 1.165) is 10.9 Å². The molecular weight excluding hydrogens is 198 g/mol. The van der Waals surface area contributed by atoms with Gasteiger partial charge in [-0.2, -0.15) is 4.57 Å². The summed E-state index contributed by atoms with van der Waals surface area (Å²) in [6, 6.07) is 15.8. The third kappa shape index (κ3) is 1.23. The van der Waals surface area contributed by atoms with Crippen molar-refractivity contribution in [2.24, 2.45) is 7.05 Å². The topological polar surface area (TPSA) is 24.1 Å². The highest BCUT2D eigenvalue weighted by Gasteiger charge is 2.10. The fourth-order valence-corrected chi connectivity index (χ4v) is 2.18. The van der Waals surface area contributed by atoms with Crippen molar-refractivity contribution in [1.82, 2.24) is 0 Å². The lowest BCUT2D eigenvalue weighted by atomic mass is 10.1. The highest BCUT2D eigenvalue weighted by Crippen LogP contribution is 2.21. The number of nitrogens with zero attached hydrogens (tertiary/aromatic N) is 1. The third-order valence-electron chi connectivity index (χ3n) is 2.98. The smallest absolute Gasteiger partial charge is 0.213 e. The van der Waals surface area contributed by atoms with Crippen LogP contribution in [0.3, 0.4) is 0 Å². The molecule has 1 heterocycles. The molecule has 0 amide bonds. The van der Waals surface area contributed by atoms with Crippen molar-refractivity contribution in [3.8, 4) is 5.75 Å². The average Bonchev–Trinajstić information content (AvgIpc) is 2.29. The van der Waals surface area contributed by atoms with Crippen molar-refractivity contribution in [3.05, 3.63) is 48.5 Å². The van der Waals surface area contributed by atoms with Crippen LogP contribution in [0.4, 0.5) is 0 Å². The second-order valence-corrected chi connectivity index (χ2v) is 4.01. The maximum Gasteiger partial charge on any atom is 0.213 e. The molecule has 0 bridgehead atoms. The summed E-state index contributed by atoms with van der Waals surface area (Å²) >= 11 is 0. The third-order valence-corrected chi connectivity index (χ3v) is 2.98. The van der Waals surface area contributed by atoms with Crippen molar-refractivity contribution in [2.75, 3.05) is 0 Å². The molecule has 0 unspecified atom stereocenters. The first-order valence-electron chi connectivity index (χ1n) is 5.26. The minimum atomic E-state index is 0.308. The molecule has 2 heteroatoms. The van der Waals surface area contributed by atoms with E-state index >= 15 is 0 Å². The number of pyridine rings is 1. The number of hydrogen-bond donors (Lipinski definition) is 1. The Kier molecular flexibility index (Phi) is 1.83. The highest BCUT2D eigenvalue weighted by atomic mass is 16.3. The van der Waals surface area contributed by atoms with Crippen LogP contribution in [0.2, 0.25) is 0 Å². The molecule has 0 atom stereocenters. The number of aromatic hydroxyl groups is 1. The fourth-order valence-electron chi connectivity index (χ4n) is 2.18. The molecule has 0 radical (unpaired) electrons. The van der Waals surface area contributed by atoms with E-state index in [1.54, 1.807) is 12.1 Å². The van der Waals surface area contributed by atoms with Crippen molar-refractivity contribution in [2.45, 2.75) is 0 Å². The van der Waals surface area contributed by atoms with Crippen LogP contribution < -0.4 is 4.57 Å². The summed E-state index contributed by atoms with van der Waals surface area (Å²) in [5.41, 5.74) is 2.32. The molecule has 78 valence electrons. The first-order chi connectivity index (χ1) is 7.75. The Morgan fingerprint density at radius 2 is 1.62 bits per heavy atom. The highest BCUT2D eigenvalue weighted by molar-refractivity contribution is 5.89. The van der Waals surface area contributed by atoms with E-state index in [0.29, 0.717) is 5.75 Å². The number of para-hydroxylation sites is 1. The molecule has 0 aliphatic heterocycles. The number of aromatic nitrogens is 1. The van der Waals surface area contributed by atoms with Crippen LogP contribution in [0, 0.1) is 0 Å². The second kappa shape index (κ2) is 3.20. The van der Waals surface area contributed by atoms with E-state index in [2.05, 4.69) is 22.8 Å². The van der Waals surface area contributed by atoms with Gasteiger partial charge in [0.2, 0.25) is 11.0 Å². The van der Waals surface area contributed by atoms with Gasteiger partial charge in [-0.1, -0.05) is 12.1 Å². The van der Waals surface area contributed by atoms with Crippen LogP contribution >= 0.6 is 0 Å². The lowest BCUT2D eigenvalue weighted by molar-refractivity contribution is -0.617. The molecule has 2 aromatic carbocycles. The van der Waals surface area contributed by atoms with Gasteiger partial charge in [-0.15, -0.1) is 0 Å². The molecule has 3 rings (SSSR count). The molecule has 0 aliphatic rings. The van der Waals surface area contributed by atoms with Gasteiger partial charge in [-0.25, -0.2) is 0 Å². The quantitative estimate of drug-likeness (QED) is 0.447. The van der Waals surface area contributed by atoms with Crippen LogP contribution in [0.25, 0.3) is 21.8 Å². The SMILES string of the molecule is C[n+]1c2ccccc2cc2cc(O)ccc21. The van der Waals surface area contributed by atoms with Gasteiger partial charge in [0, 0.05) is 17.5 Å². The summed E-state index contributed by atoms with van der Waals surface area (Å²) in [5.74, 6) is 0.308. The maximum atomic E-state index is 9.48. The van der Waals surface area contributed by atoms with Crippen molar-refractivity contribution in [1.29, 1.82) is 0 Å². The van der Waals surface area contributed by atoms with Gasteiger partial charge in [0.05, 0.1) is 5.39 Å². The number of phenolic OH excluding ortho intramolecular Hbond substituents is 1. The van der Waals surface area contributed by atoms with Gasteiger partial charge < -0.3 is 5.11 Å². The van der Waals surface area contributed by atoms with Gasteiger partial charge in [0.1, 0.15) is 12.8 Å². The van der Waals surface area contributed by atoms with Gasteiger partial charge in [0.25, 0.3) is 0 Å². The Hall–Kier alpha value is -2.09. The molecular formula is C14H12NO+. The largest absolute Gasteiger partial charge is 0.508 e. The molecule has 1 N–H and O–H groups in total.